The van der Waals surface area contributed by atoms with E-state index in [1.165, 1.54) is 6.07 Å². The molecule has 164 valence electrons. The summed E-state index contributed by atoms with van der Waals surface area (Å²) >= 11 is 15.8. The van der Waals surface area contributed by atoms with Gasteiger partial charge in [0.25, 0.3) is 0 Å². The second-order valence-electron chi connectivity index (χ2n) is 6.53. The highest BCUT2D eigenvalue weighted by Gasteiger charge is 2.15. The van der Waals surface area contributed by atoms with Crippen LogP contribution in [-0.2, 0) is 13.2 Å². The zero-order valence-electron chi connectivity index (χ0n) is 17.0. The van der Waals surface area contributed by atoms with Crippen LogP contribution in [0.2, 0.25) is 10.0 Å². The van der Waals surface area contributed by atoms with E-state index in [0.29, 0.717) is 50.5 Å². The second kappa shape index (κ2) is 10.9. The standard InChI is InChI=1S/C23H21BrCl2FNO3/c1-3-30-22-10-14(12-28-15-7-8-21(29-2)19(26)11-15)9-17(24)23(22)31-13-16-18(25)5-4-6-20(16)27/h4-11,28H,3,12-13H2,1-2H3. The molecule has 0 saturated carbocycles. The highest BCUT2D eigenvalue weighted by atomic mass is 79.9. The lowest BCUT2D eigenvalue weighted by Gasteiger charge is -2.17. The predicted molar refractivity (Wildman–Crippen MR) is 126 cm³/mol. The van der Waals surface area contributed by atoms with Crippen molar-refractivity contribution in [2.75, 3.05) is 19.0 Å². The fraction of sp³-hybridized carbons (Fsp3) is 0.217. The van der Waals surface area contributed by atoms with Gasteiger partial charge < -0.3 is 19.5 Å². The fourth-order valence-corrected chi connectivity index (χ4v) is 4.00. The minimum absolute atomic E-state index is 0.0217. The number of ether oxygens (including phenoxy) is 3. The Hall–Kier alpha value is -2.15. The molecule has 0 amide bonds. The van der Waals surface area contributed by atoms with Crippen LogP contribution < -0.4 is 19.5 Å². The zero-order valence-corrected chi connectivity index (χ0v) is 20.1. The van der Waals surface area contributed by atoms with E-state index in [1.807, 2.05) is 25.1 Å². The molecule has 0 aromatic heterocycles. The highest BCUT2D eigenvalue weighted by Crippen LogP contribution is 2.38. The Morgan fingerprint density at radius 2 is 1.81 bits per heavy atom. The minimum Gasteiger partial charge on any atom is -0.495 e. The maximum atomic E-state index is 14.1. The number of hydrogen-bond acceptors (Lipinski definition) is 4. The number of hydrogen-bond donors (Lipinski definition) is 1. The lowest BCUT2D eigenvalue weighted by molar-refractivity contribution is 0.264. The van der Waals surface area contributed by atoms with Gasteiger partial charge in [0.15, 0.2) is 11.5 Å². The Morgan fingerprint density at radius 1 is 1.00 bits per heavy atom. The maximum absolute atomic E-state index is 14.1. The Kier molecular flexibility index (Phi) is 8.29. The molecule has 8 heteroatoms. The van der Waals surface area contributed by atoms with E-state index in [1.54, 1.807) is 31.4 Å². The summed E-state index contributed by atoms with van der Waals surface area (Å²) in [5, 5.41) is 4.16. The van der Waals surface area contributed by atoms with Gasteiger partial charge in [0, 0.05) is 17.8 Å². The molecular formula is C23H21BrCl2FNO3. The summed E-state index contributed by atoms with van der Waals surface area (Å²) in [6.45, 7) is 2.84. The number of anilines is 1. The molecule has 31 heavy (non-hydrogen) atoms. The van der Waals surface area contributed by atoms with E-state index < -0.39 is 5.82 Å². The van der Waals surface area contributed by atoms with Crippen LogP contribution in [0.25, 0.3) is 0 Å². The first-order chi connectivity index (χ1) is 14.9. The molecule has 0 radical (unpaired) electrons. The smallest absolute Gasteiger partial charge is 0.175 e. The SMILES string of the molecule is CCOc1cc(CNc2ccc(OC)c(Cl)c2)cc(Br)c1OCc1c(F)cccc1Cl. The summed E-state index contributed by atoms with van der Waals surface area (Å²) in [5.41, 5.74) is 2.11. The van der Waals surface area contributed by atoms with Gasteiger partial charge in [0.2, 0.25) is 0 Å². The van der Waals surface area contributed by atoms with Crippen LogP contribution in [0.4, 0.5) is 10.1 Å². The molecule has 0 atom stereocenters. The Morgan fingerprint density at radius 3 is 2.48 bits per heavy atom. The van der Waals surface area contributed by atoms with Crippen molar-refractivity contribution in [1.82, 2.24) is 0 Å². The number of nitrogens with one attached hydrogen (secondary N) is 1. The predicted octanol–water partition coefficient (Wildman–Crippen LogP) is 7.49. The van der Waals surface area contributed by atoms with Crippen molar-refractivity contribution < 1.29 is 18.6 Å². The third kappa shape index (κ3) is 5.97. The summed E-state index contributed by atoms with van der Waals surface area (Å²) in [6, 6.07) is 13.8. The van der Waals surface area contributed by atoms with Crippen molar-refractivity contribution in [3.8, 4) is 17.2 Å². The van der Waals surface area contributed by atoms with Crippen molar-refractivity contribution in [2.45, 2.75) is 20.1 Å². The molecule has 3 aromatic carbocycles. The molecule has 0 spiro atoms. The average Bonchev–Trinajstić information content (AvgIpc) is 2.73. The quantitative estimate of drug-likeness (QED) is 0.312. The van der Waals surface area contributed by atoms with Gasteiger partial charge in [-0.1, -0.05) is 29.3 Å². The molecule has 3 rings (SSSR count). The van der Waals surface area contributed by atoms with Gasteiger partial charge in [-0.15, -0.1) is 0 Å². The lowest BCUT2D eigenvalue weighted by atomic mass is 10.2. The van der Waals surface area contributed by atoms with E-state index >= 15 is 0 Å². The van der Waals surface area contributed by atoms with Crippen molar-refractivity contribution in [3.63, 3.8) is 0 Å². The topological polar surface area (TPSA) is 39.7 Å². The van der Waals surface area contributed by atoms with Crippen LogP contribution in [-0.4, -0.2) is 13.7 Å². The number of methoxy groups -OCH3 is 1. The summed E-state index contributed by atoms with van der Waals surface area (Å²) in [4.78, 5) is 0. The molecular weight excluding hydrogens is 508 g/mol. The second-order valence-corrected chi connectivity index (χ2v) is 8.20. The zero-order chi connectivity index (χ0) is 22.4. The fourth-order valence-electron chi connectivity index (χ4n) is 2.92. The number of rotatable bonds is 9. The largest absolute Gasteiger partial charge is 0.495 e. The Bertz CT molecular complexity index is 1040. The van der Waals surface area contributed by atoms with E-state index in [9.17, 15) is 4.39 Å². The van der Waals surface area contributed by atoms with E-state index in [4.69, 9.17) is 37.4 Å². The van der Waals surface area contributed by atoms with Crippen molar-refractivity contribution in [2.24, 2.45) is 0 Å². The van der Waals surface area contributed by atoms with Crippen LogP contribution in [0.1, 0.15) is 18.1 Å². The summed E-state index contributed by atoms with van der Waals surface area (Å²) in [7, 11) is 1.57. The van der Waals surface area contributed by atoms with Gasteiger partial charge >= 0.3 is 0 Å². The maximum Gasteiger partial charge on any atom is 0.175 e. The van der Waals surface area contributed by atoms with Gasteiger partial charge in [-0.05, 0) is 70.9 Å². The highest BCUT2D eigenvalue weighted by molar-refractivity contribution is 9.10. The van der Waals surface area contributed by atoms with Crippen LogP contribution in [0, 0.1) is 5.82 Å². The van der Waals surface area contributed by atoms with Crippen LogP contribution in [0.5, 0.6) is 17.2 Å². The molecule has 0 aliphatic heterocycles. The van der Waals surface area contributed by atoms with Crippen LogP contribution >= 0.6 is 39.1 Å². The summed E-state index contributed by atoms with van der Waals surface area (Å²) in [5.74, 6) is 1.23. The third-order valence-electron chi connectivity index (χ3n) is 4.44. The van der Waals surface area contributed by atoms with Gasteiger partial charge in [-0.2, -0.15) is 0 Å². The molecule has 1 N–H and O–H groups in total. The van der Waals surface area contributed by atoms with Crippen molar-refractivity contribution in [1.29, 1.82) is 0 Å². The van der Waals surface area contributed by atoms with Crippen LogP contribution in [0.3, 0.4) is 0 Å². The monoisotopic (exact) mass is 527 g/mol. The lowest BCUT2D eigenvalue weighted by Crippen LogP contribution is -2.05. The van der Waals surface area contributed by atoms with Gasteiger partial charge in [0.1, 0.15) is 18.2 Å². The Balaban J connectivity index is 1.77. The van der Waals surface area contributed by atoms with E-state index in [2.05, 4.69) is 21.2 Å². The number of halogens is 4. The molecule has 0 unspecified atom stereocenters. The van der Waals surface area contributed by atoms with Crippen molar-refractivity contribution >= 4 is 44.8 Å². The molecule has 0 fully saturated rings. The van der Waals surface area contributed by atoms with Gasteiger partial charge in [-0.25, -0.2) is 4.39 Å². The summed E-state index contributed by atoms with van der Waals surface area (Å²) < 4.78 is 31.6. The van der Waals surface area contributed by atoms with Crippen molar-refractivity contribution in [3.05, 3.63) is 80.0 Å². The number of benzene rings is 3. The first-order valence-electron chi connectivity index (χ1n) is 9.51. The molecule has 0 aliphatic rings. The average molecular weight is 529 g/mol. The molecule has 0 saturated heterocycles. The summed E-state index contributed by atoms with van der Waals surface area (Å²) in [6.07, 6.45) is 0. The first-order valence-corrected chi connectivity index (χ1v) is 11.1. The molecule has 0 bridgehead atoms. The Labute approximate surface area is 199 Å². The minimum atomic E-state index is -0.416. The van der Waals surface area contributed by atoms with Gasteiger partial charge in [0.05, 0.1) is 28.2 Å². The molecule has 4 nitrogen and oxygen atoms in total. The van der Waals surface area contributed by atoms with E-state index in [0.717, 1.165) is 11.3 Å². The van der Waals surface area contributed by atoms with Crippen LogP contribution in [0.15, 0.2) is 53.0 Å². The first kappa shape index (κ1) is 23.5. The molecule has 3 aromatic rings. The van der Waals surface area contributed by atoms with Gasteiger partial charge in [-0.3, -0.25) is 0 Å². The molecule has 0 heterocycles. The molecule has 0 aliphatic carbocycles. The van der Waals surface area contributed by atoms with E-state index in [-0.39, 0.29) is 6.61 Å². The third-order valence-corrected chi connectivity index (χ3v) is 5.68. The normalized spacial score (nSPS) is 10.6.